The van der Waals surface area contributed by atoms with Gasteiger partial charge in [0.05, 0.1) is 18.3 Å². The van der Waals surface area contributed by atoms with E-state index in [1.807, 2.05) is 18.3 Å². The van der Waals surface area contributed by atoms with E-state index in [0.29, 0.717) is 6.10 Å². The van der Waals surface area contributed by atoms with Gasteiger partial charge >= 0.3 is 12.1 Å². The molecular formula is C17H23F3N2O4. The lowest BCUT2D eigenvalue weighted by Gasteiger charge is -2.39. The summed E-state index contributed by atoms with van der Waals surface area (Å²) in [6.45, 7) is 5.64. The minimum Gasteiger partial charge on any atom is -0.475 e. The molecule has 0 aliphatic carbocycles. The molecule has 1 aromatic rings. The third kappa shape index (κ3) is 5.57. The predicted molar refractivity (Wildman–Crippen MR) is 88.1 cm³/mol. The summed E-state index contributed by atoms with van der Waals surface area (Å²) in [5.74, 6) is -1.68. The first kappa shape index (κ1) is 20.4. The molecule has 26 heavy (non-hydrogen) atoms. The van der Waals surface area contributed by atoms with Crippen LogP contribution in [0.5, 0.6) is 0 Å². The number of piperidine rings is 1. The van der Waals surface area contributed by atoms with Crippen LogP contribution in [-0.2, 0) is 14.3 Å². The average Bonchev–Trinajstić information content (AvgIpc) is 2.99. The highest BCUT2D eigenvalue weighted by Crippen LogP contribution is 2.37. The Bertz CT molecular complexity index is 575. The van der Waals surface area contributed by atoms with Gasteiger partial charge in [-0.25, -0.2) is 9.78 Å². The van der Waals surface area contributed by atoms with Crippen LogP contribution in [0, 0.1) is 0 Å². The van der Waals surface area contributed by atoms with Gasteiger partial charge in [-0.1, -0.05) is 6.07 Å². The highest BCUT2D eigenvalue weighted by molar-refractivity contribution is 5.73. The lowest BCUT2D eigenvalue weighted by Crippen LogP contribution is -2.44. The Labute approximate surface area is 149 Å². The van der Waals surface area contributed by atoms with Gasteiger partial charge in [0.1, 0.15) is 5.82 Å². The van der Waals surface area contributed by atoms with Crippen LogP contribution in [0.25, 0.3) is 0 Å². The summed E-state index contributed by atoms with van der Waals surface area (Å²) >= 11 is 0. The van der Waals surface area contributed by atoms with Crippen LogP contribution >= 0.6 is 0 Å². The van der Waals surface area contributed by atoms with Gasteiger partial charge in [0.25, 0.3) is 0 Å². The number of nitrogens with zero attached hydrogens (tertiary/aromatic N) is 2. The van der Waals surface area contributed by atoms with E-state index in [2.05, 4.69) is 22.9 Å². The summed E-state index contributed by atoms with van der Waals surface area (Å²) in [5.41, 5.74) is 0.0606. The number of anilines is 1. The van der Waals surface area contributed by atoms with Crippen LogP contribution in [-0.4, -0.2) is 60.2 Å². The lowest BCUT2D eigenvalue weighted by atomic mass is 9.88. The number of ether oxygens (including phenoxy) is 2. The highest BCUT2D eigenvalue weighted by atomic mass is 19.4. The number of carboxylic acids is 1. The number of carbonyl (C=O) groups is 1. The quantitative estimate of drug-likeness (QED) is 0.875. The van der Waals surface area contributed by atoms with Crippen molar-refractivity contribution in [1.82, 2.24) is 4.98 Å². The third-order valence-corrected chi connectivity index (χ3v) is 4.47. The molecule has 0 aromatic carbocycles. The molecule has 3 heterocycles. The standard InChI is InChI=1S/C15H22N2O2.C2HF3O2/c1-2-18-13-11-15(19-12-13)6-9-17(10-7-15)14-5-3-4-8-16-14;3-2(4,5)1(6)7/h3-5,8,13H,2,6-7,9-12H2,1H3;(H,6,7). The second-order valence-electron chi connectivity index (χ2n) is 6.25. The first-order valence-electron chi connectivity index (χ1n) is 8.47. The van der Waals surface area contributed by atoms with Crippen molar-refractivity contribution >= 4 is 11.8 Å². The first-order valence-corrected chi connectivity index (χ1v) is 8.47. The summed E-state index contributed by atoms with van der Waals surface area (Å²) in [4.78, 5) is 15.7. The summed E-state index contributed by atoms with van der Waals surface area (Å²) in [6, 6.07) is 6.09. The zero-order valence-corrected chi connectivity index (χ0v) is 14.5. The van der Waals surface area contributed by atoms with Gasteiger partial charge in [0.2, 0.25) is 0 Å². The van der Waals surface area contributed by atoms with E-state index >= 15 is 0 Å². The van der Waals surface area contributed by atoms with Crippen LogP contribution in [0.1, 0.15) is 26.2 Å². The normalized spacial score (nSPS) is 22.0. The molecule has 146 valence electrons. The molecule has 2 aliphatic rings. The molecule has 0 bridgehead atoms. The van der Waals surface area contributed by atoms with Crippen molar-refractivity contribution in [2.24, 2.45) is 0 Å². The largest absolute Gasteiger partial charge is 0.490 e. The Kier molecular flexibility index (Phi) is 6.82. The van der Waals surface area contributed by atoms with E-state index in [1.54, 1.807) is 0 Å². The monoisotopic (exact) mass is 376 g/mol. The fraction of sp³-hybridized carbons (Fsp3) is 0.647. The van der Waals surface area contributed by atoms with Crippen molar-refractivity contribution in [2.45, 2.75) is 44.1 Å². The van der Waals surface area contributed by atoms with Crippen molar-refractivity contribution < 1.29 is 32.5 Å². The summed E-state index contributed by atoms with van der Waals surface area (Å²) < 4.78 is 43.5. The van der Waals surface area contributed by atoms with E-state index in [1.165, 1.54) is 0 Å². The van der Waals surface area contributed by atoms with Crippen LogP contribution in [0.4, 0.5) is 19.0 Å². The number of rotatable bonds is 3. The van der Waals surface area contributed by atoms with Crippen molar-refractivity contribution in [3.63, 3.8) is 0 Å². The topological polar surface area (TPSA) is 71.9 Å². The number of hydrogen-bond acceptors (Lipinski definition) is 5. The van der Waals surface area contributed by atoms with E-state index in [0.717, 1.165) is 51.4 Å². The second kappa shape index (κ2) is 8.68. The van der Waals surface area contributed by atoms with E-state index in [9.17, 15) is 13.2 Å². The van der Waals surface area contributed by atoms with E-state index in [4.69, 9.17) is 19.4 Å². The van der Waals surface area contributed by atoms with Crippen LogP contribution in [0.2, 0.25) is 0 Å². The Morgan fingerprint density at radius 1 is 1.42 bits per heavy atom. The molecular weight excluding hydrogens is 353 g/mol. The summed E-state index contributed by atoms with van der Waals surface area (Å²) in [7, 11) is 0. The molecule has 1 unspecified atom stereocenters. The highest BCUT2D eigenvalue weighted by Gasteiger charge is 2.43. The van der Waals surface area contributed by atoms with Gasteiger partial charge in [-0.15, -0.1) is 0 Å². The maximum absolute atomic E-state index is 10.6. The molecule has 2 aliphatic heterocycles. The van der Waals surface area contributed by atoms with Crippen molar-refractivity contribution in [1.29, 1.82) is 0 Å². The molecule has 1 spiro atoms. The Balaban J connectivity index is 0.000000298. The molecule has 2 saturated heterocycles. The van der Waals surface area contributed by atoms with Crippen LogP contribution in [0.3, 0.4) is 0 Å². The number of hydrogen-bond donors (Lipinski definition) is 1. The predicted octanol–water partition coefficient (Wildman–Crippen LogP) is 2.88. The SMILES string of the molecule is CCOC1COC2(CCN(c3ccccn3)CC2)C1.O=C(O)C(F)(F)F. The van der Waals surface area contributed by atoms with Crippen LogP contribution < -0.4 is 4.90 Å². The molecule has 9 heteroatoms. The molecule has 3 rings (SSSR count). The Morgan fingerprint density at radius 3 is 2.58 bits per heavy atom. The van der Waals surface area contributed by atoms with Crippen molar-refractivity contribution in [2.75, 3.05) is 31.2 Å². The number of aliphatic carboxylic acids is 1. The molecule has 1 atom stereocenters. The fourth-order valence-electron chi connectivity index (χ4n) is 3.18. The molecule has 0 amide bonds. The molecule has 0 radical (unpaired) electrons. The zero-order valence-electron chi connectivity index (χ0n) is 14.5. The average molecular weight is 376 g/mol. The van der Waals surface area contributed by atoms with Crippen LogP contribution in [0.15, 0.2) is 24.4 Å². The fourth-order valence-corrected chi connectivity index (χ4v) is 3.18. The number of pyridine rings is 1. The Morgan fingerprint density at radius 2 is 2.08 bits per heavy atom. The van der Waals surface area contributed by atoms with Crippen molar-refractivity contribution in [3.05, 3.63) is 24.4 Å². The van der Waals surface area contributed by atoms with Gasteiger partial charge in [-0.3, -0.25) is 0 Å². The lowest BCUT2D eigenvalue weighted by molar-refractivity contribution is -0.192. The molecule has 2 fully saturated rings. The van der Waals surface area contributed by atoms with Gasteiger partial charge in [0.15, 0.2) is 0 Å². The number of carboxylic acid groups (broad SMARTS) is 1. The minimum absolute atomic E-state index is 0.0606. The van der Waals surface area contributed by atoms with Gasteiger partial charge in [0, 0.05) is 32.3 Å². The zero-order chi connectivity index (χ0) is 19.2. The molecule has 1 aromatic heterocycles. The number of halogens is 3. The Hall–Kier alpha value is -1.87. The maximum atomic E-state index is 10.6. The summed E-state index contributed by atoms with van der Waals surface area (Å²) in [6.07, 6.45) is 0.278. The maximum Gasteiger partial charge on any atom is 0.490 e. The van der Waals surface area contributed by atoms with Gasteiger partial charge in [-0.05, 0) is 31.9 Å². The van der Waals surface area contributed by atoms with Gasteiger partial charge in [-0.2, -0.15) is 13.2 Å². The molecule has 1 N–H and O–H groups in total. The summed E-state index contributed by atoms with van der Waals surface area (Å²) in [5, 5.41) is 7.12. The van der Waals surface area contributed by atoms with E-state index in [-0.39, 0.29) is 5.60 Å². The number of alkyl halides is 3. The third-order valence-electron chi connectivity index (χ3n) is 4.47. The van der Waals surface area contributed by atoms with Gasteiger partial charge < -0.3 is 19.5 Å². The smallest absolute Gasteiger partial charge is 0.475 e. The van der Waals surface area contributed by atoms with E-state index < -0.39 is 12.1 Å². The first-order chi connectivity index (χ1) is 12.3. The number of aromatic nitrogens is 1. The minimum atomic E-state index is -5.08. The molecule has 6 nitrogen and oxygen atoms in total. The second-order valence-corrected chi connectivity index (χ2v) is 6.25. The van der Waals surface area contributed by atoms with Crippen molar-refractivity contribution in [3.8, 4) is 0 Å². The molecule has 0 saturated carbocycles.